The summed E-state index contributed by atoms with van der Waals surface area (Å²) in [5.74, 6) is 0.910. The third-order valence-corrected chi connectivity index (χ3v) is 3.49. The lowest BCUT2D eigenvalue weighted by Crippen LogP contribution is -2.14. The molecule has 0 radical (unpaired) electrons. The van der Waals surface area contributed by atoms with Gasteiger partial charge < -0.3 is 5.73 Å². The number of nitrogens with two attached hydrogens (primary N) is 1. The second kappa shape index (κ2) is 2.23. The van der Waals surface area contributed by atoms with Crippen molar-refractivity contribution in [2.75, 3.05) is 6.54 Å². The van der Waals surface area contributed by atoms with Crippen molar-refractivity contribution in [3.63, 3.8) is 0 Å². The smallest absolute Gasteiger partial charge is 0.00433 e. The Balaban J connectivity index is 1.92. The fourth-order valence-corrected chi connectivity index (χ4v) is 2.63. The number of rotatable bonds is 1. The van der Waals surface area contributed by atoms with Crippen molar-refractivity contribution in [1.29, 1.82) is 0 Å². The Kier molecular flexibility index (Phi) is 1.48. The van der Waals surface area contributed by atoms with Crippen LogP contribution < -0.4 is 5.73 Å². The molecule has 1 heteroatoms. The second-order valence-electron chi connectivity index (χ2n) is 4.06. The molecule has 2 aliphatic carbocycles. The minimum Gasteiger partial charge on any atom is -0.330 e. The first-order valence-corrected chi connectivity index (χ1v) is 4.57. The molecule has 0 aromatic carbocycles. The third kappa shape index (κ3) is 0.878. The van der Waals surface area contributed by atoms with E-state index in [2.05, 4.69) is 0 Å². The molecule has 2 saturated carbocycles. The van der Waals surface area contributed by atoms with Crippen molar-refractivity contribution in [3.05, 3.63) is 0 Å². The van der Waals surface area contributed by atoms with Crippen LogP contribution in [0, 0.1) is 11.3 Å². The molecule has 0 heterocycles. The molecule has 0 aromatic rings. The van der Waals surface area contributed by atoms with E-state index in [0.29, 0.717) is 0 Å². The van der Waals surface area contributed by atoms with E-state index >= 15 is 0 Å². The Morgan fingerprint density at radius 3 is 2.40 bits per heavy atom. The van der Waals surface area contributed by atoms with E-state index in [1.165, 1.54) is 38.5 Å². The van der Waals surface area contributed by atoms with Gasteiger partial charge in [0.2, 0.25) is 0 Å². The molecule has 1 atom stereocenters. The lowest BCUT2D eigenvalue weighted by atomic mass is 9.84. The molecule has 2 rings (SSSR count). The summed E-state index contributed by atoms with van der Waals surface area (Å²) >= 11 is 0. The molecule has 0 saturated heterocycles. The summed E-state index contributed by atoms with van der Waals surface area (Å²) in [6.45, 7) is 0.944. The zero-order valence-electron chi connectivity index (χ0n) is 6.60. The summed E-state index contributed by atoms with van der Waals surface area (Å²) < 4.78 is 0. The van der Waals surface area contributed by atoms with Gasteiger partial charge in [-0.15, -0.1) is 0 Å². The molecule has 2 fully saturated rings. The molecule has 0 aromatic heterocycles. The van der Waals surface area contributed by atoms with Crippen molar-refractivity contribution in [2.45, 2.75) is 38.5 Å². The van der Waals surface area contributed by atoms with Crippen molar-refractivity contribution < 1.29 is 0 Å². The van der Waals surface area contributed by atoms with Crippen molar-refractivity contribution in [2.24, 2.45) is 17.1 Å². The molecule has 1 spiro atoms. The van der Waals surface area contributed by atoms with Gasteiger partial charge >= 0.3 is 0 Å². The predicted octanol–water partition coefficient (Wildman–Crippen LogP) is 1.92. The average molecular weight is 139 g/mol. The predicted molar refractivity (Wildman–Crippen MR) is 42.7 cm³/mol. The molecular formula is C9H17N. The Hall–Kier alpha value is -0.0400. The first-order chi connectivity index (χ1) is 4.87. The van der Waals surface area contributed by atoms with E-state index in [0.717, 1.165) is 17.9 Å². The maximum atomic E-state index is 5.64. The summed E-state index contributed by atoms with van der Waals surface area (Å²) in [4.78, 5) is 0. The number of hydrogen-bond acceptors (Lipinski definition) is 1. The van der Waals surface area contributed by atoms with Crippen LogP contribution in [0.15, 0.2) is 0 Å². The molecule has 2 aliphatic rings. The van der Waals surface area contributed by atoms with Gasteiger partial charge in [-0.05, 0) is 37.1 Å². The molecule has 1 nitrogen and oxygen atoms in total. The van der Waals surface area contributed by atoms with Gasteiger partial charge in [-0.25, -0.2) is 0 Å². The Morgan fingerprint density at radius 2 is 1.90 bits per heavy atom. The summed E-state index contributed by atoms with van der Waals surface area (Å²) in [7, 11) is 0. The van der Waals surface area contributed by atoms with E-state index in [9.17, 15) is 0 Å². The highest BCUT2D eigenvalue weighted by Gasteiger charge is 2.52. The van der Waals surface area contributed by atoms with E-state index in [1.807, 2.05) is 0 Å². The lowest BCUT2D eigenvalue weighted by molar-refractivity contribution is 0.309. The molecule has 2 N–H and O–H groups in total. The molecule has 1 unspecified atom stereocenters. The van der Waals surface area contributed by atoms with E-state index < -0.39 is 0 Å². The summed E-state index contributed by atoms with van der Waals surface area (Å²) in [6.07, 6.45) is 8.82. The molecule has 58 valence electrons. The normalized spacial score (nSPS) is 36.3. The maximum absolute atomic E-state index is 5.64. The van der Waals surface area contributed by atoms with Crippen LogP contribution in [0.3, 0.4) is 0 Å². The zero-order chi connectivity index (χ0) is 7.03. The van der Waals surface area contributed by atoms with Crippen molar-refractivity contribution in [3.8, 4) is 0 Å². The molecule has 0 bridgehead atoms. The monoisotopic (exact) mass is 139 g/mol. The minimum atomic E-state index is 0.771. The van der Waals surface area contributed by atoms with Crippen LogP contribution in [-0.4, -0.2) is 6.54 Å². The SMILES string of the molecule is NCC1CC12CCCCC2. The van der Waals surface area contributed by atoms with Crippen LogP contribution in [-0.2, 0) is 0 Å². The standard InChI is InChI=1S/C9H17N/c10-7-8-6-9(8)4-2-1-3-5-9/h8H,1-7,10H2. The van der Waals surface area contributed by atoms with Gasteiger partial charge in [-0.3, -0.25) is 0 Å². The van der Waals surface area contributed by atoms with Crippen LogP contribution in [0.2, 0.25) is 0 Å². The van der Waals surface area contributed by atoms with Crippen molar-refractivity contribution in [1.82, 2.24) is 0 Å². The first kappa shape index (κ1) is 6.66. The molecule has 10 heavy (non-hydrogen) atoms. The Morgan fingerprint density at radius 1 is 1.20 bits per heavy atom. The third-order valence-electron chi connectivity index (χ3n) is 3.49. The van der Waals surface area contributed by atoms with Gasteiger partial charge in [0.25, 0.3) is 0 Å². The molecular weight excluding hydrogens is 122 g/mol. The number of hydrogen-bond donors (Lipinski definition) is 1. The summed E-state index contributed by atoms with van der Waals surface area (Å²) in [5, 5.41) is 0. The van der Waals surface area contributed by atoms with Crippen LogP contribution in [0.25, 0.3) is 0 Å². The van der Waals surface area contributed by atoms with Gasteiger partial charge in [0.15, 0.2) is 0 Å². The van der Waals surface area contributed by atoms with E-state index in [1.54, 1.807) is 0 Å². The Labute approximate surface area is 63.0 Å². The molecule has 0 aliphatic heterocycles. The van der Waals surface area contributed by atoms with Crippen LogP contribution in [0.5, 0.6) is 0 Å². The lowest BCUT2D eigenvalue weighted by Gasteiger charge is -2.21. The van der Waals surface area contributed by atoms with Crippen molar-refractivity contribution >= 4 is 0 Å². The van der Waals surface area contributed by atoms with E-state index in [4.69, 9.17) is 5.73 Å². The molecule has 0 amide bonds. The van der Waals surface area contributed by atoms with Crippen LogP contribution in [0.1, 0.15) is 38.5 Å². The van der Waals surface area contributed by atoms with Crippen LogP contribution >= 0.6 is 0 Å². The quantitative estimate of drug-likeness (QED) is 0.590. The topological polar surface area (TPSA) is 26.0 Å². The zero-order valence-corrected chi connectivity index (χ0v) is 6.60. The van der Waals surface area contributed by atoms with Gasteiger partial charge in [-0.1, -0.05) is 19.3 Å². The highest BCUT2D eigenvalue weighted by atomic mass is 14.7. The van der Waals surface area contributed by atoms with E-state index in [-0.39, 0.29) is 0 Å². The summed E-state index contributed by atoms with van der Waals surface area (Å²) in [5.41, 5.74) is 6.41. The first-order valence-electron chi connectivity index (χ1n) is 4.57. The highest BCUT2D eigenvalue weighted by Crippen LogP contribution is 2.60. The summed E-state index contributed by atoms with van der Waals surface area (Å²) in [6, 6.07) is 0. The fraction of sp³-hybridized carbons (Fsp3) is 1.00. The van der Waals surface area contributed by atoms with Gasteiger partial charge in [0.1, 0.15) is 0 Å². The minimum absolute atomic E-state index is 0.771. The van der Waals surface area contributed by atoms with Crippen LogP contribution in [0.4, 0.5) is 0 Å². The highest BCUT2D eigenvalue weighted by molar-refractivity contribution is 5.03. The average Bonchev–Trinajstić information content (AvgIpc) is 2.65. The largest absolute Gasteiger partial charge is 0.330 e. The Bertz CT molecular complexity index is 125. The van der Waals surface area contributed by atoms with Gasteiger partial charge in [-0.2, -0.15) is 0 Å². The maximum Gasteiger partial charge on any atom is -0.00433 e. The van der Waals surface area contributed by atoms with Gasteiger partial charge in [0, 0.05) is 0 Å². The fourth-order valence-electron chi connectivity index (χ4n) is 2.63. The van der Waals surface area contributed by atoms with Gasteiger partial charge in [0.05, 0.1) is 0 Å². The second-order valence-corrected chi connectivity index (χ2v) is 4.06.